The van der Waals surface area contributed by atoms with Crippen molar-refractivity contribution in [1.29, 1.82) is 0 Å². The molecule has 0 radical (unpaired) electrons. The van der Waals surface area contributed by atoms with Gasteiger partial charge in [0.25, 0.3) is 5.91 Å². The molecule has 98 valence electrons. The second kappa shape index (κ2) is 5.13. The Morgan fingerprint density at radius 3 is 2.56 bits per heavy atom. The maximum absolute atomic E-state index is 13.6. The van der Waals surface area contributed by atoms with Crippen molar-refractivity contribution in [3.05, 3.63) is 34.4 Å². The van der Waals surface area contributed by atoms with Gasteiger partial charge < -0.3 is 5.32 Å². The third-order valence-electron chi connectivity index (χ3n) is 3.20. The molecule has 0 unspecified atom stereocenters. The van der Waals surface area contributed by atoms with Gasteiger partial charge in [0, 0.05) is 5.33 Å². The minimum atomic E-state index is -0.817. The summed E-state index contributed by atoms with van der Waals surface area (Å²) in [6.45, 7) is 0. The lowest BCUT2D eigenvalue weighted by atomic mass is 9.78. The van der Waals surface area contributed by atoms with Gasteiger partial charge in [0.05, 0.1) is 16.1 Å². The number of nitrogens with one attached hydrogen (secondary N) is 1. The molecule has 0 heterocycles. The van der Waals surface area contributed by atoms with Gasteiger partial charge in [-0.3, -0.25) is 4.79 Å². The summed E-state index contributed by atoms with van der Waals surface area (Å²) >= 11 is 8.76. The van der Waals surface area contributed by atoms with Crippen LogP contribution in [-0.2, 0) is 0 Å². The number of hydrogen-bond acceptors (Lipinski definition) is 1. The van der Waals surface area contributed by atoms with Crippen molar-refractivity contribution in [2.75, 3.05) is 5.33 Å². The molecule has 1 N–H and O–H groups in total. The molecule has 1 amide bonds. The first kappa shape index (κ1) is 13.7. The SMILES string of the molecule is O=C(NC1(CBr)CCC1)c1cc(F)c(Cl)cc1F. The van der Waals surface area contributed by atoms with Gasteiger partial charge in [0.15, 0.2) is 0 Å². The van der Waals surface area contributed by atoms with Crippen LogP contribution in [0.4, 0.5) is 8.78 Å². The maximum Gasteiger partial charge on any atom is 0.254 e. The van der Waals surface area contributed by atoms with Gasteiger partial charge in [-0.25, -0.2) is 8.78 Å². The quantitative estimate of drug-likeness (QED) is 0.661. The molecule has 2 rings (SSSR count). The van der Waals surface area contributed by atoms with E-state index in [4.69, 9.17) is 11.6 Å². The van der Waals surface area contributed by atoms with Gasteiger partial charge in [0.2, 0.25) is 0 Å². The Morgan fingerprint density at radius 1 is 1.39 bits per heavy atom. The zero-order valence-corrected chi connectivity index (χ0v) is 11.7. The molecule has 1 aliphatic carbocycles. The van der Waals surface area contributed by atoms with Crippen LogP contribution in [0.25, 0.3) is 0 Å². The number of halogens is 4. The average Bonchev–Trinajstić information content (AvgIpc) is 2.28. The van der Waals surface area contributed by atoms with Crippen molar-refractivity contribution < 1.29 is 13.6 Å². The molecule has 0 spiro atoms. The van der Waals surface area contributed by atoms with E-state index >= 15 is 0 Å². The van der Waals surface area contributed by atoms with E-state index in [1.807, 2.05) is 0 Å². The number of carbonyl (C=O) groups is 1. The highest BCUT2D eigenvalue weighted by molar-refractivity contribution is 9.09. The number of carbonyl (C=O) groups excluding carboxylic acids is 1. The average molecular weight is 339 g/mol. The van der Waals surface area contributed by atoms with Crippen LogP contribution >= 0.6 is 27.5 Å². The number of rotatable bonds is 3. The van der Waals surface area contributed by atoms with Crippen molar-refractivity contribution in [2.45, 2.75) is 24.8 Å². The summed E-state index contributed by atoms with van der Waals surface area (Å²) in [6.07, 6.45) is 2.69. The van der Waals surface area contributed by atoms with E-state index in [1.54, 1.807) is 0 Å². The summed E-state index contributed by atoms with van der Waals surface area (Å²) < 4.78 is 26.8. The second-order valence-electron chi connectivity index (χ2n) is 4.47. The van der Waals surface area contributed by atoms with E-state index in [-0.39, 0.29) is 16.1 Å². The largest absolute Gasteiger partial charge is 0.346 e. The van der Waals surface area contributed by atoms with Gasteiger partial charge in [-0.2, -0.15) is 0 Å². The lowest BCUT2D eigenvalue weighted by molar-refractivity contribution is 0.0852. The third-order valence-corrected chi connectivity index (χ3v) is 4.56. The van der Waals surface area contributed by atoms with Crippen molar-refractivity contribution >= 4 is 33.4 Å². The van der Waals surface area contributed by atoms with Crippen LogP contribution in [0.2, 0.25) is 5.02 Å². The first-order valence-corrected chi connectivity index (χ1v) is 7.00. The summed E-state index contributed by atoms with van der Waals surface area (Å²) in [4.78, 5) is 11.9. The van der Waals surface area contributed by atoms with E-state index in [9.17, 15) is 13.6 Å². The predicted molar refractivity (Wildman–Crippen MR) is 69.2 cm³/mol. The van der Waals surface area contributed by atoms with Crippen LogP contribution < -0.4 is 5.32 Å². The zero-order chi connectivity index (χ0) is 13.3. The van der Waals surface area contributed by atoms with Crippen LogP contribution in [0.15, 0.2) is 12.1 Å². The minimum Gasteiger partial charge on any atom is -0.346 e. The van der Waals surface area contributed by atoms with Gasteiger partial charge in [-0.15, -0.1) is 0 Å². The van der Waals surface area contributed by atoms with Gasteiger partial charge in [0.1, 0.15) is 11.6 Å². The molecular formula is C12H11BrClF2NO. The smallest absolute Gasteiger partial charge is 0.254 e. The Hall–Kier alpha value is -0.680. The maximum atomic E-state index is 13.6. The number of alkyl halides is 1. The van der Waals surface area contributed by atoms with Gasteiger partial charge in [-0.1, -0.05) is 27.5 Å². The zero-order valence-electron chi connectivity index (χ0n) is 9.40. The van der Waals surface area contributed by atoms with Crippen LogP contribution in [0.3, 0.4) is 0 Å². The van der Waals surface area contributed by atoms with Crippen LogP contribution in [0.5, 0.6) is 0 Å². The highest BCUT2D eigenvalue weighted by atomic mass is 79.9. The van der Waals surface area contributed by atoms with Gasteiger partial charge in [-0.05, 0) is 31.4 Å². The van der Waals surface area contributed by atoms with E-state index in [1.165, 1.54) is 0 Å². The minimum absolute atomic E-state index is 0.316. The Balaban J connectivity index is 2.21. The van der Waals surface area contributed by atoms with E-state index in [0.717, 1.165) is 31.4 Å². The molecule has 0 saturated heterocycles. The highest BCUT2D eigenvalue weighted by Gasteiger charge is 2.37. The molecule has 0 aromatic heterocycles. The summed E-state index contributed by atoms with van der Waals surface area (Å²) in [6, 6.07) is 1.64. The fourth-order valence-electron chi connectivity index (χ4n) is 1.90. The molecule has 1 aliphatic rings. The number of amides is 1. The van der Waals surface area contributed by atoms with E-state index in [2.05, 4.69) is 21.2 Å². The summed E-state index contributed by atoms with van der Waals surface area (Å²) in [5.41, 5.74) is -0.649. The molecule has 1 saturated carbocycles. The Bertz CT molecular complexity index is 486. The van der Waals surface area contributed by atoms with E-state index < -0.39 is 17.5 Å². The number of hydrogen-bond donors (Lipinski definition) is 1. The lowest BCUT2D eigenvalue weighted by Gasteiger charge is -2.41. The highest BCUT2D eigenvalue weighted by Crippen LogP contribution is 2.34. The molecular weight excluding hydrogens is 327 g/mol. The molecule has 0 aliphatic heterocycles. The topological polar surface area (TPSA) is 29.1 Å². The number of benzene rings is 1. The molecule has 18 heavy (non-hydrogen) atoms. The molecule has 1 fully saturated rings. The normalized spacial score (nSPS) is 17.1. The van der Waals surface area contributed by atoms with Crippen molar-refractivity contribution in [3.8, 4) is 0 Å². The predicted octanol–water partition coefficient (Wildman–Crippen LogP) is 3.67. The van der Waals surface area contributed by atoms with Gasteiger partial charge >= 0.3 is 0 Å². The molecule has 0 atom stereocenters. The van der Waals surface area contributed by atoms with Crippen LogP contribution in [0, 0.1) is 11.6 Å². The lowest BCUT2D eigenvalue weighted by Crippen LogP contribution is -2.55. The molecule has 6 heteroatoms. The standard InChI is InChI=1S/C12H11BrClF2NO/c13-6-12(2-1-3-12)17-11(18)7-4-10(16)8(14)5-9(7)15/h4-5H,1-3,6H2,(H,17,18). The van der Waals surface area contributed by atoms with E-state index in [0.29, 0.717) is 5.33 Å². The first-order chi connectivity index (χ1) is 8.47. The molecule has 0 bridgehead atoms. The molecule has 2 nitrogen and oxygen atoms in total. The molecule has 1 aromatic carbocycles. The Morgan fingerprint density at radius 2 is 2.06 bits per heavy atom. The van der Waals surface area contributed by atoms with Crippen LogP contribution in [0.1, 0.15) is 29.6 Å². The summed E-state index contributed by atoms with van der Waals surface area (Å²) in [7, 11) is 0. The van der Waals surface area contributed by atoms with Crippen molar-refractivity contribution in [3.63, 3.8) is 0 Å². The van der Waals surface area contributed by atoms with Crippen molar-refractivity contribution in [2.24, 2.45) is 0 Å². The Labute approximate surface area is 117 Å². The van der Waals surface area contributed by atoms with Crippen molar-refractivity contribution in [1.82, 2.24) is 5.32 Å². The summed E-state index contributed by atoms with van der Waals surface area (Å²) in [5.74, 6) is -2.23. The van der Waals surface area contributed by atoms with Crippen LogP contribution in [-0.4, -0.2) is 16.8 Å². The first-order valence-electron chi connectivity index (χ1n) is 5.50. The molecule has 1 aromatic rings. The second-order valence-corrected chi connectivity index (χ2v) is 5.44. The summed E-state index contributed by atoms with van der Waals surface area (Å²) in [5, 5.41) is 3.02. The third kappa shape index (κ3) is 2.52. The monoisotopic (exact) mass is 337 g/mol. The Kier molecular flexibility index (Phi) is 3.92. The fourth-order valence-corrected chi connectivity index (χ4v) is 2.75. The fraction of sp³-hybridized carbons (Fsp3) is 0.417.